The van der Waals surface area contributed by atoms with Crippen LogP contribution in [0.25, 0.3) is 0 Å². The summed E-state index contributed by atoms with van der Waals surface area (Å²) >= 11 is 0. The van der Waals surface area contributed by atoms with Crippen LogP contribution in [0, 0.1) is 0 Å². The van der Waals surface area contributed by atoms with Gasteiger partial charge >= 0.3 is 0 Å². The third-order valence-corrected chi connectivity index (χ3v) is 4.06. The molecule has 0 N–H and O–H groups in total. The second kappa shape index (κ2) is 5.79. The molecule has 0 aromatic heterocycles. The number of hydrogen-bond donors (Lipinski definition) is 0. The highest BCUT2D eigenvalue weighted by Gasteiger charge is 2.26. The van der Waals surface area contributed by atoms with Gasteiger partial charge in [0.15, 0.2) is 0 Å². The van der Waals surface area contributed by atoms with Crippen LogP contribution in [0.3, 0.4) is 0 Å². The SMILES string of the molecule is CC(C)N(CC(=O)N1CCOCC1)S(C)(=O)=O. The van der Waals surface area contributed by atoms with Crippen molar-refractivity contribution in [1.82, 2.24) is 9.21 Å². The number of hydrogen-bond acceptors (Lipinski definition) is 4. The van der Waals surface area contributed by atoms with Crippen LogP contribution in [0.5, 0.6) is 0 Å². The lowest BCUT2D eigenvalue weighted by Crippen LogP contribution is -2.48. The molecular weight excluding hydrogens is 244 g/mol. The number of sulfonamides is 1. The third-order valence-electron chi connectivity index (χ3n) is 2.66. The van der Waals surface area contributed by atoms with Gasteiger partial charge in [-0.1, -0.05) is 0 Å². The van der Waals surface area contributed by atoms with Crippen molar-refractivity contribution in [3.8, 4) is 0 Å². The first-order valence-electron chi connectivity index (χ1n) is 5.64. The van der Waals surface area contributed by atoms with Gasteiger partial charge in [-0.15, -0.1) is 0 Å². The van der Waals surface area contributed by atoms with Gasteiger partial charge < -0.3 is 9.64 Å². The highest BCUT2D eigenvalue weighted by Crippen LogP contribution is 2.07. The summed E-state index contributed by atoms with van der Waals surface area (Å²) in [6.07, 6.45) is 1.12. The highest BCUT2D eigenvalue weighted by atomic mass is 32.2. The van der Waals surface area contributed by atoms with E-state index in [4.69, 9.17) is 4.74 Å². The lowest BCUT2D eigenvalue weighted by atomic mass is 10.3. The zero-order valence-corrected chi connectivity index (χ0v) is 11.4. The molecule has 1 amide bonds. The van der Waals surface area contributed by atoms with Crippen LogP contribution in [0.2, 0.25) is 0 Å². The molecule has 1 saturated heterocycles. The number of rotatable bonds is 4. The van der Waals surface area contributed by atoms with Crippen molar-refractivity contribution >= 4 is 15.9 Å². The molecule has 0 aromatic carbocycles. The Morgan fingerprint density at radius 1 is 1.35 bits per heavy atom. The standard InChI is InChI=1S/C10H20N2O4S/c1-9(2)12(17(3,14)15)8-10(13)11-4-6-16-7-5-11/h9H,4-8H2,1-3H3. The average Bonchev–Trinajstić information content (AvgIpc) is 2.24. The Kier molecular flexibility index (Phi) is 4.91. The maximum atomic E-state index is 11.9. The summed E-state index contributed by atoms with van der Waals surface area (Å²) in [7, 11) is -3.34. The monoisotopic (exact) mass is 264 g/mol. The van der Waals surface area contributed by atoms with Gasteiger partial charge in [0.1, 0.15) is 0 Å². The molecule has 0 aromatic rings. The maximum Gasteiger partial charge on any atom is 0.238 e. The van der Waals surface area contributed by atoms with Gasteiger partial charge in [0.2, 0.25) is 15.9 Å². The van der Waals surface area contributed by atoms with Crippen molar-refractivity contribution in [2.45, 2.75) is 19.9 Å². The van der Waals surface area contributed by atoms with Crippen LogP contribution >= 0.6 is 0 Å². The quantitative estimate of drug-likeness (QED) is 0.687. The van der Waals surface area contributed by atoms with Crippen molar-refractivity contribution in [1.29, 1.82) is 0 Å². The van der Waals surface area contributed by atoms with Gasteiger partial charge in [-0.3, -0.25) is 4.79 Å². The Hall–Kier alpha value is -0.660. The van der Waals surface area contributed by atoms with E-state index in [0.717, 1.165) is 6.26 Å². The molecule has 0 saturated carbocycles. The van der Waals surface area contributed by atoms with E-state index in [9.17, 15) is 13.2 Å². The molecule has 0 atom stereocenters. The maximum absolute atomic E-state index is 11.9. The van der Waals surface area contributed by atoms with Gasteiger partial charge in [0, 0.05) is 19.1 Å². The van der Waals surface area contributed by atoms with Crippen LogP contribution < -0.4 is 0 Å². The van der Waals surface area contributed by atoms with Crippen molar-refractivity contribution in [2.24, 2.45) is 0 Å². The highest BCUT2D eigenvalue weighted by molar-refractivity contribution is 7.88. The van der Waals surface area contributed by atoms with Crippen LogP contribution in [-0.4, -0.2) is 68.7 Å². The van der Waals surface area contributed by atoms with E-state index in [1.807, 2.05) is 0 Å². The van der Waals surface area contributed by atoms with E-state index in [1.54, 1.807) is 18.7 Å². The molecule has 0 unspecified atom stereocenters. The van der Waals surface area contributed by atoms with Gasteiger partial charge in [0.05, 0.1) is 26.0 Å². The van der Waals surface area contributed by atoms with E-state index < -0.39 is 10.0 Å². The third kappa shape index (κ3) is 4.25. The lowest BCUT2D eigenvalue weighted by molar-refractivity contribution is -0.135. The molecule has 7 heteroatoms. The molecule has 1 rings (SSSR count). The summed E-state index contributed by atoms with van der Waals surface area (Å²) in [6, 6.07) is -0.213. The summed E-state index contributed by atoms with van der Waals surface area (Å²) < 4.78 is 29.4. The predicted octanol–water partition coefficient (Wildman–Crippen LogP) is -0.485. The first-order valence-corrected chi connectivity index (χ1v) is 7.49. The molecule has 0 bridgehead atoms. The van der Waals surface area contributed by atoms with E-state index in [-0.39, 0.29) is 18.5 Å². The minimum Gasteiger partial charge on any atom is -0.378 e. The Balaban J connectivity index is 2.64. The number of amides is 1. The lowest BCUT2D eigenvalue weighted by Gasteiger charge is -2.30. The number of ether oxygens (including phenoxy) is 1. The molecule has 1 aliphatic heterocycles. The second-order valence-corrected chi connectivity index (χ2v) is 6.33. The van der Waals surface area contributed by atoms with Gasteiger partial charge in [0.25, 0.3) is 0 Å². The molecule has 0 radical (unpaired) electrons. The summed E-state index contributed by atoms with van der Waals surface area (Å²) in [6.45, 7) is 5.54. The first kappa shape index (κ1) is 14.4. The minimum atomic E-state index is -3.34. The topological polar surface area (TPSA) is 66.9 Å². The number of carbonyl (C=O) groups excluding carboxylic acids is 1. The normalized spacial score (nSPS) is 17.8. The summed E-state index contributed by atoms with van der Waals surface area (Å²) in [4.78, 5) is 13.6. The summed E-state index contributed by atoms with van der Waals surface area (Å²) in [5, 5.41) is 0. The fourth-order valence-electron chi connectivity index (χ4n) is 1.73. The Labute approximate surface area is 103 Å². The van der Waals surface area contributed by atoms with Crippen molar-refractivity contribution in [3.63, 3.8) is 0 Å². The number of carbonyl (C=O) groups is 1. The fourth-order valence-corrected chi connectivity index (χ4v) is 2.84. The van der Waals surface area contributed by atoms with Gasteiger partial charge in [-0.25, -0.2) is 8.42 Å². The smallest absolute Gasteiger partial charge is 0.238 e. The largest absolute Gasteiger partial charge is 0.378 e. The Morgan fingerprint density at radius 3 is 2.29 bits per heavy atom. The number of nitrogens with zero attached hydrogens (tertiary/aromatic N) is 2. The van der Waals surface area contributed by atoms with Crippen LogP contribution in [0.4, 0.5) is 0 Å². The molecular formula is C10H20N2O4S. The number of morpholine rings is 1. The summed E-state index contributed by atoms with van der Waals surface area (Å²) in [5.41, 5.74) is 0. The Bertz CT molecular complexity index is 361. The van der Waals surface area contributed by atoms with Crippen LogP contribution in [-0.2, 0) is 19.6 Å². The van der Waals surface area contributed by atoms with Crippen LogP contribution in [0.15, 0.2) is 0 Å². The zero-order chi connectivity index (χ0) is 13.1. The molecule has 6 nitrogen and oxygen atoms in total. The molecule has 0 aliphatic carbocycles. The predicted molar refractivity (Wildman–Crippen MR) is 64.1 cm³/mol. The minimum absolute atomic E-state index is 0.0868. The molecule has 1 fully saturated rings. The van der Waals surface area contributed by atoms with Gasteiger partial charge in [-0.05, 0) is 13.8 Å². The molecule has 1 heterocycles. The van der Waals surface area contributed by atoms with Crippen molar-refractivity contribution in [2.75, 3.05) is 39.1 Å². The first-order chi connectivity index (χ1) is 7.82. The molecule has 0 spiro atoms. The fraction of sp³-hybridized carbons (Fsp3) is 0.900. The molecule has 100 valence electrons. The molecule has 17 heavy (non-hydrogen) atoms. The van der Waals surface area contributed by atoms with E-state index in [0.29, 0.717) is 26.3 Å². The zero-order valence-electron chi connectivity index (χ0n) is 10.5. The van der Waals surface area contributed by atoms with E-state index >= 15 is 0 Å². The van der Waals surface area contributed by atoms with Crippen molar-refractivity contribution in [3.05, 3.63) is 0 Å². The summed E-state index contributed by atoms with van der Waals surface area (Å²) in [5.74, 6) is -0.160. The van der Waals surface area contributed by atoms with Gasteiger partial charge in [-0.2, -0.15) is 4.31 Å². The van der Waals surface area contributed by atoms with Crippen LogP contribution in [0.1, 0.15) is 13.8 Å². The second-order valence-electron chi connectivity index (χ2n) is 4.40. The molecule has 1 aliphatic rings. The Morgan fingerprint density at radius 2 is 1.88 bits per heavy atom. The van der Waals surface area contributed by atoms with E-state index in [2.05, 4.69) is 0 Å². The average molecular weight is 264 g/mol. The van der Waals surface area contributed by atoms with E-state index in [1.165, 1.54) is 4.31 Å². The van der Waals surface area contributed by atoms with Crippen molar-refractivity contribution < 1.29 is 17.9 Å².